The van der Waals surface area contributed by atoms with E-state index in [1.54, 1.807) is 42.5 Å². The second-order valence-electron chi connectivity index (χ2n) is 8.66. The van der Waals surface area contributed by atoms with E-state index < -0.39 is 28.7 Å². The fraction of sp³-hybridized carbons (Fsp3) is 0.0667. The number of aromatic carboxylic acids is 2. The van der Waals surface area contributed by atoms with Gasteiger partial charge in [0.25, 0.3) is 5.91 Å². The molecule has 4 aromatic carbocycles. The van der Waals surface area contributed by atoms with E-state index in [-0.39, 0.29) is 17.0 Å². The van der Waals surface area contributed by atoms with Gasteiger partial charge in [-0.05, 0) is 72.6 Å². The maximum absolute atomic E-state index is 13.4. The van der Waals surface area contributed by atoms with Crippen molar-refractivity contribution < 1.29 is 29.4 Å². The lowest BCUT2D eigenvalue weighted by Crippen LogP contribution is -2.19. The second-order valence-corrected chi connectivity index (χ2v) is 10.2. The third-order valence-corrected chi connectivity index (χ3v) is 7.65. The first-order valence-electron chi connectivity index (χ1n) is 11.9. The van der Waals surface area contributed by atoms with Crippen LogP contribution >= 0.6 is 23.4 Å². The van der Waals surface area contributed by atoms with Crippen molar-refractivity contribution in [2.24, 2.45) is 0 Å². The van der Waals surface area contributed by atoms with Gasteiger partial charge in [-0.15, -0.1) is 11.8 Å². The summed E-state index contributed by atoms with van der Waals surface area (Å²) in [6.07, 6.45) is 0. The minimum atomic E-state index is -1.42. The summed E-state index contributed by atoms with van der Waals surface area (Å²) in [5, 5.41) is 24.1. The maximum Gasteiger partial charge on any atom is 0.336 e. The van der Waals surface area contributed by atoms with Gasteiger partial charge in [0.1, 0.15) is 5.25 Å². The van der Waals surface area contributed by atoms with Crippen LogP contribution < -0.4 is 10.6 Å². The van der Waals surface area contributed by atoms with E-state index in [9.17, 15) is 24.3 Å². The molecule has 0 heterocycles. The lowest BCUT2D eigenvalue weighted by molar-refractivity contribution is -0.115. The second kappa shape index (κ2) is 12.5. The standard InChI is InChI=1S/C30H23ClN2O6S/c1-17-24(31)8-5-9-25(17)33-28(35)26(18-6-3-2-4-7-18)40-21-13-11-20(12-14-21)32-27(34)22-15-10-19(29(36)37)16-23(22)30(38)39/h2-16,26H,1H3,(H,32,34)(H,33,35)(H,36,37)(H,38,39). The molecule has 8 nitrogen and oxygen atoms in total. The Morgan fingerprint density at radius 2 is 1.48 bits per heavy atom. The Balaban J connectivity index is 1.52. The van der Waals surface area contributed by atoms with Crippen molar-refractivity contribution in [3.8, 4) is 0 Å². The van der Waals surface area contributed by atoms with Gasteiger partial charge in [0.15, 0.2) is 0 Å². The minimum Gasteiger partial charge on any atom is -0.478 e. The van der Waals surface area contributed by atoms with Crippen molar-refractivity contribution >= 4 is 58.5 Å². The number of benzene rings is 4. The molecule has 0 saturated heterocycles. The highest BCUT2D eigenvalue weighted by Crippen LogP contribution is 2.37. The lowest BCUT2D eigenvalue weighted by Gasteiger charge is -2.18. The zero-order chi connectivity index (χ0) is 28.8. The molecular weight excluding hydrogens is 552 g/mol. The summed E-state index contributed by atoms with van der Waals surface area (Å²) in [5.41, 5.74) is 1.74. The molecule has 0 bridgehead atoms. The topological polar surface area (TPSA) is 133 Å². The number of carboxylic acids is 2. The summed E-state index contributed by atoms with van der Waals surface area (Å²) >= 11 is 7.54. The van der Waals surface area contributed by atoms with E-state index >= 15 is 0 Å². The van der Waals surface area contributed by atoms with Gasteiger partial charge < -0.3 is 20.8 Å². The van der Waals surface area contributed by atoms with Crippen LogP contribution in [0.1, 0.15) is 47.5 Å². The van der Waals surface area contributed by atoms with Gasteiger partial charge in [-0.3, -0.25) is 9.59 Å². The highest BCUT2D eigenvalue weighted by Gasteiger charge is 2.23. The van der Waals surface area contributed by atoms with Gasteiger partial charge in [0, 0.05) is 21.3 Å². The number of amides is 2. The Bertz CT molecular complexity index is 1590. The van der Waals surface area contributed by atoms with Crippen LogP contribution in [0.5, 0.6) is 0 Å². The summed E-state index contributed by atoms with van der Waals surface area (Å²) in [5.74, 6) is -3.65. The Hall–Kier alpha value is -4.60. The summed E-state index contributed by atoms with van der Waals surface area (Å²) in [4.78, 5) is 49.7. The zero-order valence-electron chi connectivity index (χ0n) is 21.1. The lowest BCUT2D eigenvalue weighted by atomic mass is 10.0. The van der Waals surface area contributed by atoms with Crippen LogP contribution in [0.4, 0.5) is 11.4 Å². The van der Waals surface area contributed by atoms with Crippen molar-refractivity contribution in [2.45, 2.75) is 17.1 Å². The molecule has 4 rings (SSSR count). The predicted molar refractivity (Wildman–Crippen MR) is 155 cm³/mol. The van der Waals surface area contributed by atoms with Gasteiger partial charge in [-0.2, -0.15) is 0 Å². The summed E-state index contributed by atoms with van der Waals surface area (Å²) in [6.45, 7) is 1.83. The molecule has 0 aliphatic carbocycles. The quantitative estimate of drug-likeness (QED) is 0.162. The number of carbonyl (C=O) groups excluding carboxylic acids is 2. The van der Waals surface area contributed by atoms with Crippen molar-refractivity contribution in [2.75, 3.05) is 10.6 Å². The maximum atomic E-state index is 13.4. The summed E-state index contributed by atoms with van der Waals surface area (Å²) in [6, 6.07) is 24.6. The van der Waals surface area contributed by atoms with E-state index in [1.165, 1.54) is 17.8 Å². The van der Waals surface area contributed by atoms with Gasteiger partial charge in [-0.25, -0.2) is 9.59 Å². The molecule has 0 fully saturated rings. The smallest absolute Gasteiger partial charge is 0.336 e. The van der Waals surface area contributed by atoms with E-state index in [2.05, 4.69) is 10.6 Å². The summed E-state index contributed by atoms with van der Waals surface area (Å²) < 4.78 is 0. The first-order valence-corrected chi connectivity index (χ1v) is 13.2. The van der Waals surface area contributed by atoms with Crippen LogP contribution in [0.25, 0.3) is 0 Å². The molecule has 0 saturated carbocycles. The van der Waals surface area contributed by atoms with E-state index in [0.29, 0.717) is 16.4 Å². The van der Waals surface area contributed by atoms with Crippen molar-refractivity contribution in [1.82, 2.24) is 0 Å². The van der Waals surface area contributed by atoms with Gasteiger partial charge >= 0.3 is 11.9 Å². The van der Waals surface area contributed by atoms with Crippen LogP contribution in [0.3, 0.4) is 0 Å². The van der Waals surface area contributed by atoms with Crippen LogP contribution in [0.2, 0.25) is 5.02 Å². The van der Waals surface area contributed by atoms with Crippen LogP contribution in [-0.2, 0) is 4.79 Å². The van der Waals surface area contributed by atoms with Gasteiger partial charge in [0.2, 0.25) is 5.91 Å². The molecule has 202 valence electrons. The molecule has 0 aromatic heterocycles. The zero-order valence-corrected chi connectivity index (χ0v) is 22.6. The van der Waals surface area contributed by atoms with Crippen LogP contribution in [-0.4, -0.2) is 34.0 Å². The van der Waals surface area contributed by atoms with Crippen LogP contribution in [0, 0.1) is 6.92 Å². The molecule has 10 heteroatoms. The fourth-order valence-electron chi connectivity index (χ4n) is 3.85. The molecule has 4 aromatic rings. The average molecular weight is 575 g/mol. The fourth-order valence-corrected chi connectivity index (χ4v) is 5.04. The Morgan fingerprint density at radius 1 is 0.775 bits per heavy atom. The molecule has 1 atom stereocenters. The average Bonchev–Trinajstić information content (AvgIpc) is 2.95. The number of carbonyl (C=O) groups is 4. The molecule has 1 unspecified atom stereocenters. The first-order chi connectivity index (χ1) is 19.1. The number of carboxylic acid groups (broad SMARTS) is 2. The number of nitrogens with one attached hydrogen (secondary N) is 2. The molecule has 0 aliphatic rings. The van der Waals surface area contributed by atoms with E-state index in [4.69, 9.17) is 16.7 Å². The van der Waals surface area contributed by atoms with Gasteiger partial charge in [0.05, 0.1) is 16.7 Å². The molecule has 40 heavy (non-hydrogen) atoms. The number of halogens is 1. The number of thioether (sulfide) groups is 1. The van der Waals surface area contributed by atoms with E-state index in [1.807, 2.05) is 37.3 Å². The van der Waals surface area contributed by atoms with Crippen molar-refractivity contribution in [3.05, 3.63) is 124 Å². The minimum absolute atomic E-state index is 0.173. The Kier molecular flexibility index (Phi) is 8.88. The number of rotatable bonds is 9. The molecular formula is C30H23ClN2O6S. The molecule has 0 aliphatic heterocycles. The van der Waals surface area contributed by atoms with Crippen molar-refractivity contribution in [1.29, 1.82) is 0 Å². The van der Waals surface area contributed by atoms with Crippen molar-refractivity contribution in [3.63, 3.8) is 0 Å². The normalized spacial score (nSPS) is 11.3. The molecule has 0 radical (unpaired) electrons. The molecule has 4 N–H and O–H groups in total. The van der Waals surface area contributed by atoms with Gasteiger partial charge in [-0.1, -0.05) is 48.0 Å². The number of hydrogen-bond acceptors (Lipinski definition) is 5. The summed E-state index contributed by atoms with van der Waals surface area (Å²) in [7, 11) is 0. The third kappa shape index (κ3) is 6.69. The third-order valence-electron chi connectivity index (χ3n) is 5.97. The first kappa shape index (κ1) is 28.4. The van der Waals surface area contributed by atoms with E-state index in [0.717, 1.165) is 28.2 Å². The predicted octanol–water partition coefficient (Wildman–Crippen LogP) is 6.77. The SMILES string of the molecule is Cc1c(Cl)cccc1NC(=O)C(Sc1ccc(NC(=O)c2ccc(C(=O)O)cc2C(=O)O)cc1)c1ccccc1. The highest BCUT2D eigenvalue weighted by molar-refractivity contribution is 8.00. The Morgan fingerprint density at radius 3 is 2.12 bits per heavy atom. The Labute approximate surface area is 239 Å². The highest BCUT2D eigenvalue weighted by atomic mass is 35.5. The monoisotopic (exact) mass is 574 g/mol. The molecule has 0 spiro atoms. The molecule has 2 amide bonds. The number of anilines is 2. The van der Waals surface area contributed by atoms with Crippen LogP contribution in [0.15, 0.2) is 95.9 Å². The largest absolute Gasteiger partial charge is 0.478 e. The number of hydrogen-bond donors (Lipinski definition) is 4.